The summed E-state index contributed by atoms with van der Waals surface area (Å²) in [5, 5.41) is 0. The van der Waals surface area contributed by atoms with E-state index in [0.29, 0.717) is 6.42 Å². The van der Waals surface area contributed by atoms with Gasteiger partial charge in [-0.2, -0.15) is 0 Å². The standard InChI is InChI=1S/C14H19NO2S/c1-4-14(5-2)15-18(16,17)11-12(3)13-9-7-6-8-10-13/h1,6-10,12,14-15H,5,11H2,2-3H3. The van der Waals surface area contributed by atoms with Crippen molar-refractivity contribution >= 4 is 10.0 Å². The molecule has 2 atom stereocenters. The number of hydrogen-bond acceptors (Lipinski definition) is 2. The molecule has 0 aliphatic carbocycles. The van der Waals surface area contributed by atoms with Crippen LogP contribution in [0.3, 0.4) is 0 Å². The molecular weight excluding hydrogens is 246 g/mol. The minimum Gasteiger partial charge on any atom is -0.212 e. The SMILES string of the molecule is C#CC(CC)NS(=O)(=O)CC(C)c1ccccc1. The first-order valence-corrected chi connectivity index (χ1v) is 7.64. The average molecular weight is 265 g/mol. The highest BCUT2D eigenvalue weighted by Crippen LogP contribution is 2.16. The Kier molecular flexibility index (Phi) is 5.39. The van der Waals surface area contributed by atoms with Gasteiger partial charge in [0.25, 0.3) is 0 Å². The molecule has 1 rings (SSSR count). The molecule has 0 saturated carbocycles. The highest BCUT2D eigenvalue weighted by Gasteiger charge is 2.19. The van der Waals surface area contributed by atoms with Gasteiger partial charge in [-0.15, -0.1) is 6.42 Å². The van der Waals surface area contributed by atoms with Gasteiger partial charge >= 0.3 is 0 Å². The Bertz CT molecular complexity index is 502. The van der Waals surface area contributed by atoms with Crippen LogP contribution in [-0.2, 0) is 10.0 Å². The second-order valence-electron chi connectivity index (χ2n) is 4.34. The summed E-state index contributed by atoms with van der Waals surface area (Å²) >= 11 is 0. The lowest BCUT2D eigenvalue weighted by molar-refractivity contribution is 0.565. The number of terminal acetylenes is 1. The van der Waals surface area contributed by atoms with Crippen LogP contribution in [-0.4, -0.2) is 20.2 Å². The first kappa shape index (κ1) is 14.7. The third kappa shape index (κ3) is 4.52. The molecule has 0 amide bonds. The number of nitrogens with one attached hydrogen (secondary N) is 1. The fourth-order valence-corrected chi connectivity index (χ4v) is 3.32. The lowest BCUT2D eigenvalue weighted by atomic mass is 10.0. The molecule has 1 aromatic carbocycles. The highest BCUT2D eigenvalue weighted by molar-refractivity contribution is 7.89. The van der Waals surface area contributed by atoms with Crippen molar-refractivity contribution in [3.05, 3.63) is 35.9 Å². The monoisotopic (exact) mass is 265 g/mol. The van der Waals surface area contributed by atoms with Crippen LogP contribution in [0.1, 0.15) is 31.7 Å². The van der Waals surface area contributed by atoms with Crippen LogP contribution in [0.25, 0.3) is 0 Å². The smallest absolute Gasteiger partial charge is 0.212 e. The van der Waals surface area contributed by atoms with Gasteiger partial charge in [-0.3, -0.25) is 0 Å². The van der Waals surface area contributed by atoms with Gasteiger partial charge in [-0.1, -0.05) is 50.1 Å². The van der Waals surface area contributed by atoms with Crippen molar-refractivity contribution in [3.8, 4) is 12.3 Å². The van der Waals surface area contributed by atoms with E-state index in [2.05, 4.69) is 10.6 Å². The number of benzene rings is 1. The average Bonchev–Trinajstić information content (AvgIpc) is 2.36. The number of rotatable bonds is 6. The predicted molar refractivity (Wildman–Crippen MR) is 74.7 cm³/mol. The topological polar surface area (TPSA) is 46.2 Å². The Hall–Kier alpha value is -1.31. The minimum absolute atomic E-state index is 0.0508. The third-order valence-corrected chi connectivity index (χ3v) is 4.35. The van der Waals surface area contributed by atoms with Crippen LogP contribution in [0.15, 0.2) is 30.3 Å². The highest BCUT2D eigenvalue weighted by atomic mass is 32.2. The quantitative estimate of drug-likeness (QED) is 0.801. The van der Waals surface area contributed by atoms with Crippen LogP contribution in [0.5, 0.6) is 0 Å². The molecule has 0 aromatic heterocycles. The summed E-state index contributed by atoms with van der Waals surface area (Å²) in [7, 11) is -3.34. The Morgan fingerprint density at radius 2 is 1.94 bits per heavy atom. The molecule has 0 saturated heterocycles. The lowest BCUT2D eigenvalue weighted by Crippen LogP contribution is -2.36. The first-order valence-electron chi connectivity index (χ1n) is 5.99. The number of hydrogen-bond donors (Lipinski definition) is 1. The number of sulfonamides is 1. The Balaban J connectivity index is 2.70. The van der Waals surface area contributed by atoms with Crippen LogP contribution in [0, 0.1) is 12.3 Å². The molecule has 3 nitrogen and oxygen atoms in total. The van der Waals surface area contributed by atoms with Crippen LogP contribution in [0.4, 0.5) is 0 Å². The normalized spacial score (nSPS) is 14.7. The Morgan fingerprint density at radius 1 is 1.33 bits per heavy atom. The van der Waals surface area contributed by atoms with Crippen molar-refractivity contribution in [2.75, 3.05) is 5.75 Å². The third-order valence-electron chi connectivity index (χ3n) is 2.77. The maximum absolute atomic E-state index is 11.9. The molecule has 0 spiro atoms. The van der Waals surface area contributed by atoms with Gasteiger partial charge in [0.05, 0.1) is 11.8 Å². The van der Waals surface area contributed by atoms with Crippen molar-refractivity contribution in [2.24, 2.45) is 0 Å². The fourth-order valence-electron chi connectivity index (χ4n) is 1.71. The molecule has 0 aliphatic rings. The van der Waals surface area contributed by atoms with Gasteiger partial charge in [-0.05, 0) is 17.9 Å². The summed E-state index contributed by atoms with van der Waals surface area (Å²) < 4.78 is 26.4. The van der Waals surface area contributed by atoms with E-state index in [1.54, 1.807) is 0 Å². The molecule has 0 aliphatic heterocycles. The van der Waals surface area contributed by atoms with E-state index in [-0.39, 0.29) is 11.7 Å². The summed E-state index contributed by atoms with van der Waals surface area (Å²) in [6.45, 7) is 3.75. The first-order chi connectivity index (χ1) is 8.48. The zero-order chi connectivity index (χ0) is 13.6. The minimum atomic E-state index is -3.34. The molecular formula is C14H19NO2S. The summed E-state index contributed by atoms with van der Waals surface area (Å²) in [4.78, 5) is 0. The maximum atomic E-state index is 11.9. The van der Waals surface area contributed by atoms with Gasteiger partial charge in [0.1, 0.15) is 0 Å². The van der Waals surface area contributed by atoms with Gasteiger partial charge in [0.2, 0.25) is 10.0 Å². The Morgan fingerprint density at radius 3 is 2.44 bits per heavy atom. The second-order valence-corrected chi connectivity index (χ2v) is 6.14. The van der Waals surface area contributed by atoms with Gasteiger partial charge in [0.15, 0.2) is 0 Å². The van der Waals surface area contributed by atoms with Crippen LogP contribution in [0.2, 0.25) is 0 Å². The molecule has 1 aromatic rings. The van der Waals surface area contributed by atoms with E-state index >= 15 is 0 Å². The molecule has 0 bridgehead atoms. The van der Waals surface area contributed by atoms with E-state index in [9.17, 15) is 8.42 Å². The molecule has 1 N–H and O–H groups in total. The van der Waals surface area contributed by atoms with Crippen LogP contribution < -0.4 is 4.72 Å². The summed E-state index contributed by atoms with van der Waals surface area (Å²) in [6.07, 6.45) is 5.85. The van der Waals surface area contributed by atoms with Crippen molar-refractivity contribution < 1.29 is 8.42 Å². The van der Waals surface area contributed by atoms with Gasteiger partial charge in [-0.25, -0.2) is 13.1 Å². The summed E-state index contributed by atoms with van der Waals surface area (Å²) in [5.74, 6) is 2.42. The summed E-state index contributed by atoms with van der Waals surface area (Å²) in [5.41, 5.74) is 1.01. The predicted octanol–water partition coefficient (Wildman–Crippen LogP) is 2.12. The fraction of sp³-hybridized carbons (Fsp3) is 0.429. The molecule has 98 valence electrons. The van der Waals surface area contributed by atoms with Gasteiger partial charge < -0.3 is 0 Å². The molecule has 0 heterocycles. The summed E-state index contributed by atoms with van der Waals surface area (Å²) in [6, 6.07) is 9.16. The van der Waals surface area contributed by atoms with Crippen LogP contribution >= 0.6 is 0 Å². The van der Waals surface area contributed by atoms with E-state index in [0.717, 1.165) is 5.56 Å². The molecule has 18 heavy (non-hydrogen) atoms. The molecule has 0 radical (unpaired) electrons. The molecule has 2 unspecified atom stereocenters. The zero-order valence-electron chi connectivity index (χ0n) is 10.8. The largest absolute Gasteiger partial charge is 0.213 e. The second kappa shape index (κ2) is 6.58. The molecule has 0 fully saturated rings. The lowest BCUT2D eigenvalue weighted by Gasteiger charge is -2.15. The van der Waals surface area contributed by atoms with E-state index < -0.39 is 16.1 Å². The van der Waals surface area contributed by atoms with Crippen molar-refractivity contribution in [3.63, 3.8) is 0 Å². The van der Waals surface area contributed by atoms with Crippen molar-refractivity contribution in [1.82, 2.24) is 4.72 Å². The van der Waals surface area contributed by atoms with E-state index in [1.807, 2.05) is 44.2 Å². The maximum Gasteiger partial charge on any atom is 0.213 e. The molecule has 4 heteroatoms. The van der Waals surface area contributed by atoms with E-state index in [1.165, 1.54) is 0 Å². The van der Waals surface area contributed by atoms with Gasteiger partial charge in [0, 0.05) is 0 Å². The zero-order valence-corrected chi connectivity index (χ0v) is 11.6. The van der Waals surface area contributed by atoms with Crippen molar-refractivity contribution in [2.45, 2.75) is 32.2 Å². The van der Waals surface area contributed by atoms with E-state index in [4.69, 9.17) is 6.42 Å². The Labute approximate surface area is 110 Å². The van der Waals surface area contributed by atoms with Crippen molar-refractivity contribution in [1.29, 1.82) is 0 Å².